The number of hydrogen-bond donors (Lipinski definition) is 0. The topological polar surface area (TPSA) is 47.4 Å². The number of likely N-dealkylation sites (tertiary alicyclic amines) is 1. The molecule has 3 rings (SSSR count). The predicted octanol–water partition coefficient (Wildman–Crippen LogP) is 2.20. The Morgan fingerprint density at radius 1 is 1.35 bits per heavy atom. The first-order valence-electron chi connectivity index (χ1n) is 8.01. The van der Waals surface area contributed by atoms with Gasteiger partial charge in [-0.15, -0.1) is 0 Å². The standard InChI is InChI=1S/C18H23N3O2/c1-14-10-19-18(21(14)11-15-6-4-3-5-7-15)16-8-9-20(12-16)17(22)13-23-2/h3-7,10,16H,8-9,11-13H2,1-2H3. The second-order valence-corrected chi connectivity index (χ2v) is 6.09. The Balaban J connectivity index is 1.75. The third kappa shape index (κ3) is 3.45. The molecule has 5 heteroatoms. The second kappa shape index (κ2) is 6.96. The average Bonchev–Trinajstić information content (AvgIpc) is 3.17. The van der Waals surface area contributed by atoms with Gasteiger partial charge < -0.3 is 14.2 Å². The van der Waals surface area contributed by atoms with Crippen molar-refractivity contribution >= 4 is 5.91 Å². The zero-order valence-corrected chi connectivity index (χ0v) is 13.7. The molecule has 1 aromatic carbocycles. The smallest absolute Gasteiger partial charge is 0.248 e. The van der Waals surface area contributed by atoms with Crippen LogP contribution in [0.3, 0.4) is 0 Å². The highest BCUT2D eigenvalue weighted by Crippen LogP contribution is 2.27. The van der Waals surface area contributed by atoms with Crippen LogP contribution in [0.25, 0.3) is 0 Å². The van der Waals surface area contributed by atoms with Crippen LogP contribution >= 0.6 is 0 Å². The number of amides is 1. The van der Waals surface area contributed by atoms with Crippen molar-refractivity contribution in [2.45, 2.75) is 25.8 Å². The SMILES string of the molecule is COCC(=O)N1CCC(c2ncc(C)n2Cc2ccccc2)C1. The summed E-state index contributed by atoms with van der Waals surface area (Å²) in [7, 11) is 1.56. The maximum Gasteiger partial charge on any atom is 0.248 e. The van der Waals surface area contributed by atoms with Crippen LogP contribution in [0.1, 0.15) is 29.4 Å². The van der Waals surface area contributed by atoms with E-state index in [1.165, 1.54) is 5.56 Å². The fourth-order valence-corrected chi connectivity index (χ4v) is 3.19. The van der Waals surface area contributed by atoms with Gasteiger partial charge in [-0.05, 0) is 18.9 Å². The zero-order chi connectivity index (χ0) is 16.2. The number of ether oxygens (including phenoxy) is 1. The van der Waals surface area contributed by atoms with E-state index in [9.17, 15) is 4.79 Å². The first kappa shape index (κ1) is 15.7. The number of hydrogen-bond acceptors (Lipinski definition) is 3. The monoisotopic (exact) mass is 313 g/mol. The third-order valence-electron chi connectivity index (χ3n) is 4.44. The van der Waals surface area contributed by atoms with Crippen molar-refractivity contribution < 1.29 is 9.53 Å². The first-order valence-corrected chi connectivity index (χ1v) is 8.01. The Labute approximate surface area is 136 Å². The molecule has 0 bridgehead atoms. The van der Waals surface area contributed by atoms with Crippen LogP contribution < -0.4 is 0 Å². The highest BCUT2D eigenvalue weighted by atomic mass is 16.5. The summed E-state index contributed by atoms with van der Waals surface area (Å²) in [6.45, 7) is 4.58. The van der Waals surface area contributed by atoms with E-state index >= 15 is 0 Å². The molecule has 1 amide bonds. The number of methoxy groups -OCH3 is 1. The van der Waals surface area contributed by atoms with Gasteiger partial charge in [0.2, 0.25) is 5.91 Å². The maximum absolute atomic E-state index is 12.0. The van der Waals surface area contributed by atoms with Gasteiger partial charge in [-0.1, -0.05) is 30.3 Å². The maximum atomic E-state index is 12.0. The summed E-state index contributed by atoms with van der Waals surface area (Å²) < 4.78 is 7.22. The number of carbonyl (C=O) groups is 1. The molecule has 5 nitrogen and oxygen atoms in total. The first-order chi connectivity index (χ1) is 11.2. The summed E-state index contributed by atoms with van der Waals surface area (Å²) in [4.78, 5) is 18.5. The quantitative estimate of drug-likeness (QED) is 0.850. The minimum Gasteiger partial charge on any atom is -0.375 e. The number of benzene rings is 1. The molecule has 0 saturated carbocycles. The molecule has 1 fully saturated rings. The van der Waals surface area contributed by atoms with Crippen LogP contribution in [-0.2, 0) is 16.1 Å². The Kier molecular flexibility index (Phi) is 4.76. The molecule has 1 unspecified atom stereocenters. The molecule has 122 valence electrons. The summed E-state index contributed by atoms with van der Waals surface area (Å²) in [6.07, 6.45) is 2.89. The number of carbonyl (C=O) groups excluding carboxylic acids is 1. The highest BCUT2D eigenvalue weighted by molar-refractivity contribution is 5.77. The summed E-state index contributed by atoms with van der Waals surface area (Å²) in [5.41, 5.74) is 2.42. The minimum atomic E-state index is 0.0629. The second-order valence-electron chi connectivity index (χ2n) is 6.09. The van der Waals surface area contributed by atoms with Crippen molar-refractivity contribution in [2.75, 3.05) is 26.8 Å². The summed E-state index contributed by atoms with van der Waals surface area (Å²) in [5, 5.41) is 0. The molecule has 2 aromatic rings. The van der Waals surface area contributed by atoms with E-state index < -0.39 is 0 Å². The predicted molar refractivity (Wildman–Crippen MR) is 88.3 cm³/mol. The van der Waals surface area contributed by atoms with Crippen LogP contribution in [0, 0.1) is 6.92 Å². The highest BCUT2D eigenvalue weighted by Gasteiger charge is 2.30. The lowest BCUT2D eigenvalue weighted by atomic mass is 10.1. The van der Waals surface area contributed by atoms with Crippen molar-refractivity contribution in [3.05, 3.63) is 53.6 Å². The molecule has 1 aromatic heterocycles. The third-order valence-corrected chi connectivity index (χ3v) is 4.44. The van der Waals surface area contributed by atoms with Gasteiger partial charge in [-0.3, -0.25) is 4.79 Å². The summed E-state index contributed by atoms with van der Waals surface area (Å²) in [6, 6.07) is 10.4. The Hall–Kier alpha value is -2.14. The van der Waals surface area contributed by atoms with Gasteiger partial charge in [0.25, 0.3) is 0 Å². The van der Waals surface area contributed by atoms with Crippen molar-refractivity contribution in [3.8, 4) is 0 Å². The van der Waals surface area contributed by atoms with E-state index in [2.05, 4.69) is 40.7 Å². The molecule has 0 radical (unpaired) electrons. The summed E-state index contributed by atoms with van der Waals surface area (Å²) >= 11 is 0. The van der Waals surface area contributed by atoms with Gasteiger partial charge in [-0.25, -0.2) is 4.98 Å². The minimum absolute atomic E-state index is 0.0629. The average molecular weight is 313 g/mol. The van der Waals surface area contributed by atoms with Gasteiger partial charge in [0, 0.05) is 44.6 Å². The molecule has 0 spiro atoms. The van der Waals surface area contributed by atoms with E-state index in [-0.39, 0.29) is 12.5 Å². The number of rotatable bonds is 5. The fraction of sp³-hybridized carbons (Fsp3) is 0.444. The molecular formula is C18H23N3O2. The molecule has 1 aliphatic heterocycles. The number of aryl methyl sites for hydroxylation is 1. The van der Waals surface area contributed by atoms with E-state index in [0.29, 0.717) is 5.92 Å². The van der Waals surface area contributed by atoms with Crippen LogP contribution in [0.15, 0.2) is 36.5 Å². The molecule has 1 atom stereocenters. The van der Waals surface area contributed by atoms with Gasteiger partial charge in [-0.2, -0.15) is 0 Å². The van der Waals surface area contributed by atoms with E-state index in [0.717, 1.165) is 37.6 Å². The van der Waals surface area contributed by atoms with Crippen molar-refractivity contribution in [1.29, 1.82) is 0 Å². The van der Waals surface area contributed by atoms with Gasteiger partial charge in [0.15, 0.2) is 0 Å². The van der Waals surface area contributed by atoms with Crippen LogP contribution in [-0.4, -0.2) is 47.2 Å². The number of nitrogens with zero attached hydrogens (tertiary/aromatic N) is 3. The van der Waals surface area contributed by atoms with Crippen molar-refractivity contribution in [1.82, 2.24) is 14.5 Å². The van der Waals surface area contributed by atoms with Crippen LogP contribution in [0.4, 0.5) is 0 Å². The van der Waals surface area contributed by atoms with Crippen LogP contribution in [0.2, 0.25) is 0 Å². The lowest BCUT2D eigenvalue weighted by Gasteiger charge is -2.17. The normalized spacial score (nSPS) is 17.7. The van der Waals surface area contributed by atoms with Gasteiger partial charge >= 0.3 is 0 Å². The molecule has 2 heterocycles. The lowest BCUT2D eigenvalue weighted by Crippen LogP contribution is -2.31. The zero-order valence-electron chi connectivity index (χ0n) is 13.7. The van der Waals surface area contributed by atoms with E-state index in [1.54, 1.807) is 7.11 Å². The Bertz CT molecular complexity index is 666. The van der Waals surface area contributed by atoms with Crippen LogP contribution in [0.5, 0.6) is 0 Å². The van der Waals surface area contributed by atoms with E-state index in [4.69, 9.17) is 4.74 Å². The van der Waals surface area contributed by atoms with Crippen molar-refractivity contribution in [3.63, 3.8) is 0 Å². The molecule has 23 heavy (non-hydrogen) atoms. The Morgan fingerprint density at radius 3 is 2.87 bits per heavy atom. The van der Waals surface area contributed by atoms with Crippen molar-refractivity contribution in [2.24, 2.45) is 0 Å². The molecule has 0 aliphatic carbocycles. The number of imidazole rings is 1. The van der Waals surface area contributed by atoms with Gasteiger partial charge in [0.05, 0.1) is 0 Å². The Morgan fingerprint density at radius 2 is 2.13 bits per heavy atom. The summed E-state index contributed by atoms with van der Waals surface area (Å²) in [5.74, 6) is 1.44. The lowest BCUT2D eigenvalue weighted by molar-refractivity contribution is -0.134. The largest absolute Gasteiger partial charge is 0.375 e. The number of aromatic nitrogens is 2. The molecule has 1 saturated heterocycles. The van der Waals surface area contributed by atoms with Gasteiger partial charge in [0.1, 0.15) is 12.4 Å². The van der Waals surface area contributed by atoms with E-state index in [1.807, 2.05) is 17.2 Å². The molecular weight excluding hydrogens is 290 g/mol. The molecule has 0 N–H and O–H groups in total. The fourth-order valence-electron chi connectivity index (χ4n) is 3.19. The molecule has 1 aliphatic rings.